The molecule has 1 aromatic rings. The summed E-state index contributed by atoms with van der Waals surface area (Å²) in [5, 5.41) is 17.7. The highest BCUT2D eigenvalue weighted by atomic mass is 16.4. The fourth-order valence-electron chi connectivity index (χ4n) is 1.20. The smallest absolute Gasteiger partial charge is 0.321 e. The van der Waals surface area contributed by atoms with Gasteiger partial charge in [0.25, 0.3) is 0 Å². The minimum absolute atomic E-state index is 0.157. The van der Waals surface area contributed by atoms with E-state index < -0.39 is 12.0 Å². The van der Waals surface area contributed by atoms with E-state index in [0.29, 0.717) is 0 Å². The molecule has 0 bridgehead atoms. The van der Waals surface area contributed by atoms with Crippen molar-refractivity contribution in [3.63, 3.8) is 0 Å². The topological polar surface area (TPSA) is 83.5 Å². The largest absolute Gasteiger partial charge is 0.508 e. The number of benzene rings is 1. The van der Waals surface area contributed by atoms with E-state index in [4.69, 9.17) is 15.9 Å². The van der Waals surface area contributed by atoms with Crippen molar-refractivity contribution in [3.8, 4) is 5.75 Å². The highest BCUT2D eigenvalue weighted by Crippen LogP contribution is 2.20. The average molecular weight is 195 g/mol. The van der Waals surface area contributed by atoms with Crippen molar-refractivity contribution in [2.75, 3.05) is 0 Å². The lowest BCUT2D eigenvalue weighted by Crippen LogP contribution is -2.35. The Morgan fingerprint density at radius 2 is 1.86 bits per heavy atom. The number of aliphatic carboxylic acids is 1. The van der Waals surface area contributed by atoms with Gasteiger partial charge in [0.05, 0.1) is 0 Å². The molecule has 0 aromatic heterocycles. The van der Waals surface area contributed by atoms with E-state index in [9.17, 15) is 4.79 Å². The van der Waals surface area contributed by atoms with Crippen molar-refractivity contribution >= 4 is 5.97 Å². The maximum Gasteiger partial charge on any atom is 0.321 e. The van der Waals surface area contributed by atoms with Crippen molar-refractivity contribution < 1.29 is 15.0 Å². The minimum Gasteiger partial charge on any atom is -0.508 e. The Morgan fingerprint density at radius 3 is 2.29 bits per heavy atom. The number of hydrogen-bond acceptors (Lipinski definition) is 3. The molecule has 14 heavy (non-hydrogen) atoms. The summed E-state index contributed by atoms with van der Waals surface area (Å²) in [6.45, 7) is 1.74. The second kappa shape index (κ2) is 4.11. The Labute approximate surface area is 82.0 Å². The van der Waals surface area contributed by atoms with Crippen LogP contribution < -0.4 is 5.73 Å². The van der Waals surface area contributed by atoms with Crippen LogP contribution in [0, 0.1) is 0 Å². The van der Waals surface area contributed by atoms with Gasteiger partial charge in [0.1, 0.15) is 11.8 Å². The lowest BCUT2D eigenvalue weighted by atomic mass is 9.94. The maximum atomic E-state index is 10.6. The highest BCUT2D eigenvalue weighted by Gasteiger charge is 2.21. The minimum atomic E-state index is -1.02. The fraction of sp³-hybridized carbons (Fsp3) is 0.300. The standard InChI is InChI=1S/C10H13NO3/c1-6(9(11)10(13)14)7-2-4-8(12)5-3-7/h2-6,9,12H,11H2,1H3,(H,13,14)/t6?,9-/m0/s1. The summed E-state index contributed by atoms with van der Waals surface area (Å²) < 4.78 is 0. The molecule has 0 heterocycles. The summed E-state index contributed by atoms with van der Waals surface area (Å²) in [6, 6.07) is 5.45. The summed E-state index contributed by atoms with van der Waals surface area (Å²) in [6.07, 6.45) is 0. The van der Waals surface area contributed by atoms with Gasteiger partial charge in [-0.05, 0) is 17.7 Å². The van der Waals surface area contributed by atoms with E-state index in [1.54, 1.807) is 19.1 Å². The van der Waals surface area contributed by atoms with Crippen molar-refractivity contribution in [2.45, 2.75) is 18.9 Å². The van der Waals surface area contributed by atoms with Gasteiger partial charge in [-0.15, -0.1) is 0 Å². The van der Waals surface area contributed by atoms with Crippen molar-refractivity contribution in [1.29, 1.82) is 0 Å². The molecule has 4 N–H and O–H groups in total. The van der Waals surface area contributed by atoms with Gasteiger partial charge in [0, 0.05) is 5.92 Å². The number of aromatic hydroxyl groups is 1. The number of hydrogen-bond donors (Lipinski definition) is 3. The summed E-state index contributed by atoms with van der Waals surface area (Å²) in [5.41, 5.74) is 6.27. The molecule has 0 spiro atoms. The second-order valence-electron chi connectivity index (χ2n) is 3.24. The predicted molar refractivity (Wildman–Crippen MR) is 52.1 cm³/mol. The molecule has 1 unspecified atom stereocenters. The summed E-state index contributed by atoms with van der Waals surface area (Å²) >= 11 is 0. The predicted octanol–water partition coefficient (Wildman–Crippen LogP) is 0.908. The number of carboxylic acids is 1. The Kier molecular flexibility index (Phi) is 3.09. The lowest BCUT2D eigenvalue weighted by molar-refractivity contribution is -0.139. The molecule has 0 saturated heterocycles. The molecule has 76 valence electrons. The molecule has 1 rings (SSSR count). The Bertz CT molecular complexity index is 321. The first kappa shape index (κ1) is 10.5. The molecule has 4 heteroatoms. The molecular formula is C10H13NO3. The van der Waals surface area contributed by atoms with Crippen LogP contribution in [0.15, 0.2) is 24.3 Å². The van der Waals surface area contributed by atoms with E-state index >= 15 is 0 Å². The monoisotopic (exact) mass is 195 g/mol. The molecule has 2 atom stereocenters. The Morgan fingerprint density at radius 1 is 1.36 bits per heavy atom. The van der Waals surface area contributed by atoms with Crippen LogP contribution in [0.1, 0.15) is 18.4 Å². The molecule has 4 nitrogen and oxygen atoms in total. The molecule has 0 aliphatic carbocycles. The molecule has 1 aromatic carbocycles. The van der Waals surface area contributed by atoms with Gasteiger partial charge in [0.15, 0.2) is 0 Å². The molecule has 0 radical (unpaired) electrons. The second-order valence-corrected chi connectivity index (χ2v) is 3.24. The lowest BCUT2D eigenvalue weighted by Gasteiger charge is -2.15. The van der Waals surface area contributed by atoms with Crippen LogP contribution in [0.25, 0.3) is 0 Å². The van der Waals surface area contributed by atoms with Gasteiger partial charge in [0.2, 0.25) is 0 Å². The molecule has 0 fully saturated rings. The normalized spacial score (nSPS) is 14.7. The van der Waals surface area contributed by atoms with Gasteiger partial charge < -0.3 is 15.9 Å². The molecule has 0 saturated carbocycles. The summed E-state index contributed by atoms with van der Waals surface area (Å²) in [7, 11) is 0. The van der Waals surface area contributed by atoms with Crippen molar-refractivity contribution in [3.05, 3.63) is 29.8 Å². The zero-order valence-corrected chi connectivity index (χ0v) is 7.84. The molecule has 0 aliphatic heterocycles. The number of carboxylic acid groups (broad SMARTS) is 1. The summed E-state index contributed by atoms with van der Waals surface area (Å²) in [5.74, 6) is -1.14. The zero-order chi connectivity index (χ0) is 10.7. The van der Waals surface area contributed by atoms with Gasteiger partial charge in [-0.1, -0.05) is 19.1 Å². The molecular weight excluding hydrogens is 182 g/mol. The Balaban J connectivity index is 2.84. The number of phenolic OH excluding ortho intramolecular Hbond substituents is 1. The van der Waals surface area contributed by atoms with E-state index in [-0.39, 0.29) is 11.7 Å². The first-order chi connectivity index (χ1) is 6.52. The average Bonchev–Trinajstić information content (AvgIpc) is 2.16. The van der Waals surface area contributed by atoms with E-state index in [2.05, 4.69) is 0 Å². The van der Waals surface area contributed by atoms with Gasteiger partial charge >= 0.3 is 5.97 Å². The van der Waals surface area contributed by atoms with Gasteiger partial charge in [-0.3, -0.25) is 4.79 Å². The third-order valence-electron chi connectivity index (χ3n) is 2.24. The van der Waals surface area contributed by atoms with Gasteiger partial charge in [-0.25, -0.2) is 0 Å². The van der Waals surface area contributed by atoms with E-state index in [1.165, 1.54) is 12.1 Å². The van der Waals surface area contributed by atoms with E-state index in [1.807, 2.05) is 0 Å². The zero-order valence-electron chi connectivity index (χ0n) is 7.84. The quantitative estimate of drug-likeness (QED) is 0.669. The maximum absolute atomic E-state index is 10.6. The highest BCUT2D eigenvalue weighted by molar-refractivity contribution is 5.74. The van der Waals surface area contributed by atoms with Gasteiger partial charge in [-0.2, -0.15) is 0 Å². The number of nitrogens with two attached hydrogens (primary N) is 1. The first-order valence-electron chi connectivity index (χ1n) is 4.29. The number of carbonyl (C=O) groups is 1. The number of rotatable bonds is 3. The molecule has 0 aliphatic rings. The van der Waals surface area contributed by atoms with E-state index in [0.717, 1.165) is 5.56 Å². The van der Waals surface area contributed by atoms with Crippen molar-refractivity contribution in [2.24, 2.45) is 5.73 Å². The van der Waals surface area contributed by atoms with Crippen LogP contribution in [-0.4, -0.2) is 22.2 Å². The third-order valence-corrected chi connectivity index (χ3v) is 2.24. The van der Waals surface area contributed by atoms with Crippen LogP contribution in [0.3, 0.4) is 0 Å². The Hall–Kier alpha value is -1.55. The fourth-order valence-corrected chi connectivity index (χ4v) is 1.20. The van der Waals surface area contributed by atoms with Crippen LogP contribution >= 0.6 is 0 Å². The first-order valence-corrected chi connectivity index (χ1v) is 4.29. The van der Waals surface area contributed by atoms with Crippen LogP contribution in [0.5, 0.6) is 5.75 Å². The third kappa shape index (κ3) is 2.23. The molecule has 0 amide bonds. The van der Waals surface area contributed by atoms with Crippen LogP contribution in [-0.2, 0) is 4.79 Å². The number of phenols is 1. The van der Waals surface area contributed by atoms with Crippen LogP contribution in [0.2, 0.25) is 0 Å². The van der Waals surface area contributed by atoms with Crippen LogP contribution in [0.4, 0.5) is 0 Å². The summed E-state index contributed by atoms with van der Waals surface area (Å²) in [4.78, 5) is 10.6. The SMILES string of the molecule is CC(c1ccc(O)cc1)[C@H](N)C(=O)O. The van der Waals surface area contributed by atoms with Crippen molar-refractivity contribution in [1.82, 2.24) is 0 Å².